The highest BCUT2D eigenvalue weighted by Gasteiger charge is 2.35. The zero-order valence-corrected chi connectivity index (χ0v) is 19.6. The van der Waals surface area contributed by atoms with Crippen molar-refractivity contribution >= 4 is 0 Å². The lowest BCUT2D eigenvalue weighted by molar-refractivity contribution is 0.660. The summed E-state index contributed by atoms with van der Waals surface area (Å²) in [6.45, 7) is 6.77. The van der Waals surface area contributed by atoms with E-state index in [9.17, 15) is 0 Å². The van der Waals surface area contributed by atoms with E-state index in [0.717, 1.165) is 16.7 Å². The van der Waals surface area contributed by atoms with E-state index >= 15 is 0 Å². The Morgan fingerprint density at radius 1 is 0.500 bits per heavy atom. The van der Waals surface area contributed by atoms with Crippen LogP contribution >= 0.6 is 0 Å². The van der Waals surface area contributed by atoms with Crippen LogP contribution in [0.15, 0.2) is 97.1 Å². The van der Waals surface area contributed by atoms with Gasteiger partial charge in [-0.15, -0.1) is 0 Å². The van der Waals surface area contributed by atoms with E-state index in [1.807, 2.05) is 60.7 Å². The minimum atomic E-state index is -0.0791. The minimum absolute atomic E-state index is 0.0791. The van der Waals surface area contributed by atoms with Gasteiger partial charge < -0.3 is 0 Å². The maximum Gasteiger partial charge on any atom is 0.164 e. The second-order valence-electron chi connectivity index (χ2n) is 9.47. The van der Waals surface area contributed by atoms with Gasteiger partial charge in [-0.2, -0.15) is 0 Å². The van der Waals surface area contributed by atoms with E-state index < -0.39 is 0 Å². The molecule has 0 aliphatic heterocycles. The summed E-state index contributed by atoms with van der Waals surface area (Å²) in [6.07, 6.45) is 0. The van der Waals surface area contributed by atoms with Crippen LogP contribution in [-0.4, -0.2) is 15.0 Å². The van der Waals surface area contributed by atoms with Gasteiger partial charge in [0.05, 0.1) is 0 Å². The number of hydrogen-bond acceptors (Lipinski definition) is 3. The molecule has 1 aromatic heterocycles. The lowest BCUT2D eigenvalue weighted by Gasteiger charge is -2.22. The highest BCUT2D eigenvalue weighted by molar-refractivity contribution is 5.83. The van der Waals surface area contributed by atoms with E-state index in [2.05, 4.69) is 57.2 Å². The molecular formula is C31H25N3. The summed E-state index contributed by atoms with van der Waals surface area (Å²) in [6, 6.07) is 33.6. The van der Waals surface area contributed by atoms with Gasteiger partial charge in [-0.3, -0.25) is 0 Å². The molecule has 0 saturated carbocycles. The van der Waals surface area contributed by atoms with Crippen LogP contribution in [0.25, 0.3) is 45.3 Å². The van der Waals surface area contributed by atoms with Gasteiger partial charge in [0.15, 0.2) is 17.5 Å². The molecule has 0 saturated heterocycles. The summed E-state index contributed by atoms with van der Waals surface area (Å²) in [5.74, 6) is 2.06. The van der Waals surface area contributed by atoms with Crippen LogP contribution in [0.2, 0.25) is 0 Å². The number of nitrogens with zero attached hydrogens (tertiary/aromatic N) is 3. The van der Waals surface area contributed by atoms with Gasteiger partial charge in [-0.1, -0.05) is 110 Å². The molecule has 0 unspecified atom stereocenters. The lowest BCUT2D eigenvalue weighted by Crippen LogP contribution is -2.15. The van der Waals surface area contributed by atoms with E-state index in [-0.39, 0.29) is 5.41 Å². The van der Waals surface area contributed by atoms with Gasteiger partial charge in [0.2, 0.25) is 0 Å². The predicted octanol–water partition coefficient (Wildman–Crippen LogP) is 7.49. The monoisotopic (exact) mass is 439 g/mol. The molecule has 4 aromatic carbocycles. The smallest absolute Gasteiger partial charge is 0.164 e. The van der Waals surface area contributed by atoms with Crippen molar-refractivity contribution in [3.8, 4) is 45.3 Å². The number of aromatic nitrogens is 3. The first-order chi connectivity index (χ1) is 16.5. The minimum Gasteiger partial charge on any atom is -0.208 e. The maximum atomic E-state index is 4.91. The highest BCUT2D eigenvalue weighted by atomic mass is 15.0. The molecule has 0 atom stereocenters. The van der Waals surface area contributed by atoms with Gasteiger partial charge in [-0.05, 0) is 35.2 Å². The molecule has 3 nitrogen and oxygen atoms in total. The Labute approximate surface area is 200 Å². The van der Waals surface area contributed by atoms with Crippen molar-refractivity contribution in [1.82, 2.24) is 15.0 Å². The second-order valence-corrected chi connectivity index (χ2v) is 9.47. The molecule has 5 aromatic rings. The van der Waals surface area contributed by atoms with Gasteiger partial charge in [-0.25, -0.2) is 15.0 Å². The van der Waals surface area contributed by atoms with Crippen molar-refractivity contribution < 1.29 is 0 Å². The van der Waals surface area contributed by atoms with E-state index in [1.54, 1.807) is 0 Å². The fourth-order valence-electron chi connectivity index (χ4n) is 4.93. The Bertz CT molecular complexity index is 1460. The summed E-state index contributed by atoms with van der Waals surface area (Å²) in [7, 11) is 0. The van der Waals surface area contributed by atoms with Crippen molar-refractivity contribution in [1.29, 1.82) is 0 Å². The van der Waals surface area contributed by atoms with E-state index in [1.165, 1.54) is 27.8 Å². The molecule has 0 N–H and O–H groups in total. The van der Waals surface area contributed by atoms with Crippen molar-refractivity contribution in [3.63, 3.8) is 0 Å². The van der Waals surface area contributed by atoms with Crippen molar-refractivity contribution in [2.24, 2.45) is 0 Å². The third-order valence-electron chi connectivity index (χ3n) is 6.79. The van der Waals surface area contributed by atoms with Crippen LogP contribution < -0.4 is 0 Å². The third kappa shape index (κ3) is 3.32. The molecule has 0 spiro atoms. The van der Waals surface area contributed by atoms with Crippen LogP contribution in [0.4, 0.5) is 0 Å². The molecule has 1 aliphatic carbocycles. The molecule has 34 heavy (non-hydrogen) atoms. The van der Waals surface area contributed by atoms with Gasteiger partial charge in [0.25, 0.3) is 0 Å². The zero-order valence-electron chi connectivity index (χ0n) is 19.6. The first kappa shape index (κ1) is 20.5. The van der Waals surface area contributed by atoms with E-state index in [0.29, 0.717) is 17.5 Å². The normalized spacial score (nSPS) is 13.4. The number of benzene rings is 4. The molecule has 0 amide bonds. The highest BCUT2D eigenvalue weighted by Crippen LogP contribution is 2.49. The third-order valence-corrected chi connectivity index (χ3v) is 6.79. The van der Waals surface area contributed by atoms with Crippen molar-refractivity contribution in [2.45, 2.75) is 26.2 Å². The standard InChI is InChI=1S/C31H25N3/c1-20-14-16-24-25-17-15-23(19-27(25)31(2,3)26(24)18-20)30-33-28(21-10-6-4-7-11-21)32-29(34-30)22-12-8-5-9-13-22/h4-19H,1-3H3. The summed E-state index contributed by atoms with van der Waals surface area (Å²) >= 11 is 0. The Morgan fingerprint density at radius 2 is 0.971 bits per heavy atom. The van der Waals surface area contributed by atoms with Crippen LogP contribution in [0, 0.1) is 6.92 Å². The van der Waals surface area contributed by atoms with Gasteiger partial charge in [0.1, 0.15) is 0 Å². The summed E-state index contributed by atoms with van der Waals surface area (Å²) in [5, 5.41) is 0. The van der Waals surface area contributed by atoms with Crippen LogP contribution in [0.1, 0.15) is 30.5 Å². The Hall–Kier alpha value is -4.11. The molecule has 0 fully saturated rings. The molecule has 164 valence electrons. The predicted molar refractivity (Wildman–Crippen MR) is 138 cm³/mol. The van der Waals surface area contributed by atoms with Crippen LogP contribution in [0.3, 0.4) is 0 Å². The Morgan fingerprint density at radius 3 is 1.53 bits per heavy atom. The second kappa shape index (κ2) is 7.74. The average molecular weight is 440 g/mol. The van der Waals surface area contributed by atoms with E-state index in [4.69, 9.17) is 15.0 Å². The molecule has 0 radical (unpaired) electrons. The summed E-state index contributed by atoms with van der Waals surface area (Å²) < 4.78 is 0. The zero-order chi connectivity index (χ0) is 23.3. The Kier molecular flexibility index (Phi) is 4.66. The van der Waals surface area contributed by atoms with Crippen molar-refractivity contribution in [3.05, 3.63) is 114 Å². The van der Waals surface area contributed by atoms with Gasteiger partial charge in [0, 0.05) is 22.1 Å². The molecule has 1 aliphatic rings. The quantitative estimate of drug-likeness (QED) is 0.292. The number of rotatable bonds is 3. The first-order valence-corrected chi connectivity index (χ1v) is 11.6. The molecular weight excluding hydrogens is 414 g/mol. The fraction of sp³-hybridized carbons (Fsp3) is 0.129. The SMILES string of the molecule is Cc1ccc2c(c1)C(C)(C)c1cc(-c3nc(-c4ccccc4)nc(-c4ccccc4)n3)ccc1-2. The average Bonchev–Trinajstić information content (AvgIpc) is 3.10. The van der Waals surface area contributed by atoms with Crippen molar-refractivity contribution in [2.75, 3.05) is 0 Å². The van der Waals surface area contributed by atoms with Gasteiger partial charge >= 0.3 is 0 Å². The van der Waals surface area contributed by atoms with Crippen LogP contribution in [-0.2, 0) is 5.41 Å². The Balaban J connectivity index is 1.53. The summed E-state index contributed by atoms with van der Waals surface area (Å²) in [5.41, 5.74) is 9.49. The molecule has 6 rings (SSSR count). The lowest BCUT2D eigenvalue weighted by atomic mass is 9.81. The molecule has 3 heteroatoms. The largest absolute Gasteiger partial charge is 0.208 e. The maximum absolute atomic E-state index is 4.91. The number of hydrogen-bond donors (Lipinski definition) is 0. The number of fused-ring (bicyclic) bond motifs is 3. The number of aryl methyl sites for hydroxylation is 1. The molecule has 1 heterocycles. The first-order valence-electron chi connectivity index (χ1n) is 11.6. The summed E-state index contributed by atoms with van der Waals surface area (Å²) in [4.78, 5) is 14.6. The topological polar surface area (TPSA) is 38.7 Å². The molecule has 0 bridgehead atoms. The van der Waals surface area contributed by atoms with Crippen LogP contribution in [0.5, 0.6) is 0 Å². The fourth-order valence-corrected chi connectivity index (χ4v) is 4.93.